The minimum Gasteiger partial charge on any atom is -0.393 e. The minimum absolute atomic E-state index is 0.198. The van der Waals surface area contributed by atoms with E-state index in [9.17, 15) is 5.11 Å². The summed E-state index contributed by atoms with van der Waals surface area (Å²) in [5, 5.41) is 9.61. The van der Waals surface area contributed by atoms with Gasteiger partial charge in [-0.2, -0.15) is 0 Å². The molecule has 1 saturated heterocycles. The standard InChI is InChI=1S/C13H20N2O2/c16-12-3-4-15-8-11(14-13(15)7-12)6-10-2-1-5-17-9-10/h8,10,12,16H,1-7,9H2. The Morgan fingerprint density at radius 3 is 3.24 bits per heavy atom. The first kappa shape index (κ1) is 11.2. The van der Waals surface area contributed by atoms with Gasteiger partial charge in [0.2, 0.25) is 0 Å². The van der Waals surface area contributed by atoms with Crippen LogP contribution in [0.3, 0.4) is 0 Å². The van der Waals surface area contributed by atoms with Crippen molar-refractivity contribution < 1.29 is 9.84 Å². The molecule has 17 heavy (non-hydrogen) atoms. The van der Waals surface area contributed by atoms with Crippen LogP contribution in [0.5, 0.6) is 0 Å². The molecule has 1 N–H and O–H groups in total. The molecule has 1 aromatic heterocycles. The topological polar surface area (TPSA) is 47.3 Å². The molecule has 2 unspecified atom stereocenters. The van der Waals surface area contributed by atoms with Crippen LogP contribution >= 0.6 is 0 Å². The van der Waals surface area contributed by atoms with Gasteiger partial charge in [0.25, 0.3) is 0 Å². The third kappa shape index (κ3) is 2.53. The fourth-order valence-electron chi connectivity index (χ4n) is 2.83. The van der Waals surface area contributed by atoms with Crippen LogP contribution in [0.1, 0.15) is 30.8 Å². The number of imidazole rings is 1. The second-order valence-corrected chi connectivity index (χ2v) is 5.28. The normalized spacial score (nSPS) is 29.0. The number of aryl methyl sites for hydroxylation is 1. The van der Waals surface area contributed by atoms with Gasteiger partial charge >= 0.3 is 0 Å². The highest BCUT2D eigenvalue weighted by atomic mass is 16.5. The number of aliphatic hydroxyl groups is 1. The van der Waals surface area contributed by atoms with Crippen LogP contribution in [-0.2, 0) is 24.1 Å². The van der Waals surface area contributed by atoms with Gasteiger partial charge < -0.3 is 14.4 Å². The predicted octanol–water partition coefficient (Wildman–Crippen LogP) is 1.16. The SMILES string of the molecule is OC1CCn2cc(CC3CCCOC3)nc2C1. The number of aliphatic hydroxyl groups excluding tert-OH is 1. The van der Waals surface area contributed by atoms with Gasteiger partial charge in [-0.15, -0.1) is 0 Å². The van der Waals surface area contributed by atoms with Crippen molar-refractivity contribution in [2.24, 2.45) is 5.92 Å². The number of aromatic nitrogens is 2. The molecule has 0 amide bonds. The Morgan fingerprint density at radius 2 is 2.41 bits per heavy atom. The predicted molar refractivity (Wildman–Crippen MR) is 63.8 cm³/mol. The summed E-state index contributed by atoms with van der Waals surface area (Å²) in [6.07, 6.45) is 6.99. The summed E-state index contributed by atoms with van der Waals surface area (Å²) in [4.78, 5) is 4.64. The van der Waals surface area contributed by atoms with Gasteiger partial charge in [0, 0.05) is 32.4 Å². The van der Waals surface area contributed by atoms with E-state index in [0.29, 0.717) is 12.3 Å². The summed E-state index contributed by atoms with van der Waals surface area (Å²) in [5.41, 5.74) is 1.17. The van der Waals surface area contributed by atoms with Crippen LogP contribution < -0.4 is 0 Å². The van der Waals surface area contributed by atoms with Crippen LogP contribution in [-0.4, -0.2) is 34.0 Å². The zero-order valence-electron chi connectivity index (χ0n) is 10.1. The summed E-state index contributed by atoms with van der Waals surface area (Å²) in [6, 6.07) is 0. The van der Waals surface area contributed by atoms with E-state index in [1.54, 1.807) is 0 Å². The zero-order valence-corrected chi connectivity index (χ0v) is 10.1. The summed E-state index contributed by atoms with van der Waals surface area (Å²) in [5.74, 6) is 1.68. The van der Waals surface area contributed by atoms with Crippen LogP contribution in [0.2, 0.25) is 0 Å². The molecule has 0 aromatic carbocycles. The molecule has 94 valence electrons. The quantitative estimate of drug-likeness (QED) is 0.838. The van der Waals surface area contributed by atoms with Gasteiger partial charge in [-0.25, -0.2) is 4.98 Å². The second-order valence-electron chi connectivity index (χ2n) is 5.28. The molecule has 3 rings (SSSR count). The number of ether oxygens (including phenoxy) is 1. The zero-order chi connectivity index (χ0) is 11.7. The Bertz CT molecular complexity index is 383. The number of nitrogens with zero attached hydrogens (tertiary/aromatic N) is 2. The van der Waals surface area contributed by atoms with Gasteiger partial charge in [-0.1, -0.05) is 0 Å². The lowest BCUT2D eigenvalue weighted by Crippen LogP contribution is -2.22. The second kappa shape index (κ2) is 4.78. The maximum Gasteiger partial charge on any atom is 0.111 e. The molecule has 0 aliphatic carbocycles. The van der Waals surface area contributed by atoms with Crippen molar-refractivity contribution in [3.05, 3.63) is 17.7 Å². The highest BCUT2D eigenvalue weighted by Crippen LogP contribution is 2.21. The average molecular weight is 236 g/mol. The Labute approximate surface area is 102 Å². The smallest absolute Gasteiger partial charge is 0.111 e. The molecule has 3 heterocycles. The third-order valence-electron chi connectivity index (χ3n) is 3.78. The number of fused-ring (bicyclic) bond motifs is 1. The van der Waals surface area contributed by atoms with Crippen molar-refractivity contribution in [3.63, 3.8) is 0 Å². The fourth-order valence-corrected chi connectivity index (χ4v) is 2.83. The van der Waals surface area contributed by atoms with Crippen molar-refractivity contribution in [1.29, 1.82) is 0 Å². The van der Waals surface area contributed by atoms with Gasteiger partial charge in [-0.05, 0) is 31.6 Å². The van der Waals surface area contributed by atoms with Gasteiger partial charge in [-0.3, -0.25) is 0 Å². The number of rotatable bonds is 2. The Morgan fingerprint density at radius 1 is 1.47 bits per heavy atom. The summed E-state index contributed by atoms with van der Waals surface area (Å²) >= 11 is 0. The molecule has 1 aromatic rings. The van der Waals surface area contributed by atoms with Gasteiger partial charge in [0.1, 0.15) is 5.82 Å². The van der Waals surface area contributed by atoms with Crippen LogP contribution in [0.25, 0.3) is 0 Å². The first-order valence-electron chi connectivity index (χ1n) is 6.62. The Balaban J connectivity index is 1.67. The molecule has 4 nitrogen and oxygen atoms in total. The lowest BCUT2D eigenvalue weighted by Gasteiger charge is -2.20. The first-order chi connectivity index (χ1) is 8.31. The van der Waals surface area contributed by atoms with E-state index >= 15 is 0 Å². The van der Waals surface area contributed by atoms with Crippen LogP contribution in [0.15, 0.2) is 6.20 Å². The maximum absolute atomic E-state index is 9.61. The van der Waals surface area contributed by atoms with E-state index in [4.69, 9.17) is 4.74 Å². The molecule has 2 aliphatic heterocycles. The third-order valence-corrected chi connectivity index (χ3v) is 3.78. The molecular weight excluding hydrogens is 216 g/mol. The monoisotopic (exact) mass is 236 g/mol. The van der Waals surface area contributed by atoms with Gasteiger partial charge in [0.15, 0.2) is 0 Å². The molecule has 2 atom stereocenters. The Hall–Kier alpha value is -0.870. The number of hydrogen-bond donors (Lipinski definition) is 1. The van der Waals surface area contributed by atoms with Crippen LogP contribution in [0.4, 0.5) is 0 Å². The first-order valence-corrected chi connectivity index (χ1v) is 6.62. The van der Waals surface area contributed by atoms with E-state index in [1.807, 2.05) is 0 Å². The molecule has 0 bridgehead atoms. The highest BCUT2D eigenvalue weighted by Gasteiger charge is 2.21. The van der Waals surface area contributed by atoms with Crippen LogP contribution in [0, 0.1) is 5.92 Å². The molecule has 2 aliphatic rings. The summed E-state index contributed by atoms with van der Waals surface area (Å²) in [7, 11) is 0. The molecule has 0 radical (unpaired) electrons. The van der Waals surface area contributed by atoms with E-state index in [-0.39, 0.29) is 6.10 Å². The average Bonchev–Trinajstić information content (AvgIpc) is 2.71. The Kier molecular flexibility index (Phi) is 3.16. The number of hydrogen-bond acceptors (Lipinski definition) is 3. The van der Waals surface area contributed by atoms with E-state index in [2.05, 4.69) is 15.7 Å². The van der Waals surface area contributed by atoms with Crippen molar-refractivity contribution >= 4 is 0 Å². The molecule has 0 saturated carbocycles. The van der Waals surface area contributed by atoms with Crippen molar-refractivity contribution in [2.75, 3.05) is 13.2 Å². The lowest BCUT2D eigenvalue weighted by atomic mass is 9.97. The molecular formula is C13H20N2O2. The highest BCUT2D eigenvalue weighted by molar-refractivity contribution is 5.08. The summed E-state index contributed by atoms with van der Waals surface area (Å²) < 4.78 is 7.70. The molecule has 0 spiro atoms. The van der Waals surface area contributed by atoms with Crippen molar-refractivity contribution in [2.45, 2.75) is 44.8 Å². The fraction of sp³-hybridized carbons (Fsp3) is 0.769. The lowest BCUT2D eigenvalue weighted by molar-refractivity contribution is 0.0547. The van der Waals surface area contributed by atoms with Crippen molar-refractivity contribution in [3.8, 4) is 0 Å². The molecule has 4 heteroatoms. The molecule has 1 fully saturated rings. The van der Waals surface area contributed by atoms with Crippen molar-refractivity contribution in [1.82, 2.24) is 9.55 Å². The maximum atomic E-state index is 9.61. The largest absolute Gasteiger partial charge is 0.393 e. The van der Waals surface area contributed by atoms with E-state index < -0.39 is 0 Å². The van der Waals surface area contributed by atoms with E-state index in [0.717, 1.165) is 38.4 Å². The van der Waals surface area contributed by atoms with E-state index in [1.165, 1.54) is 18.5 Å². The summed E-state index contributed by atoms with van der Waals surface area (Å²) in [6.45, 7) is 2.71. The van der Waals surface area contributed by atoms with Gasteiger partial charge in [0.05, 0.1) is 11.8 Å². The minimum atomic E-state index is -0.198.